The van der Waals surface area contributed by atoms with Crippen molar-refractivity contribution in [1.82, 2.24) is 4.90 Å². The van der Waals surface area contributed by atoms with Crippen LogP contribution in [0.4, 0.5) is 4.39 Å². The zero-order valence-electron chi connectivity index (χ0n) is 9.44. The third-order valence-electron chi connectivity index (χ3n) is 2.22. The number of rotatable bonds is 4. The molecule has 1 atom stereocenters. The summed E-state index contributed by atoms with van der Waals surface area (Å²) in [6.45, 7) is 2.53. The van der Waals surface area contributed by atoms with Crippen LogP contribution in [0.2, 0.25) is 0 Å². The van der Waals surface area contributed by atoms with E-state index in [1.807, 2.05) is 4.90 Å². The smallest absolute Gasteiger partial charge is 0.145 e. The van der Waals surface area contributed by atoms with E-state index in [0.717, 1.165) is 0 Å². The molecule has 0 aromatic heterocycles. The number of nitriles is 1. The van der Waals surface area contributed by atoms with Gasteiger partial charge < -0.3 is 5.11 Å². The summed E-state index contributed by atoms with van der Waals surface area (Å²) < 4.78 is 13.7. The van der Waals surface area contributed by atoms with Gasteiger partial charge in [0.1, 0.15) is 11.9 Å². The Morgan fingerprint density at radius 2 is 2.25 bits per heavy atom. The molecule has 0 heterocycles. The van der Waals surface area contributed by atoms with E-state index in [9.17, 15) is 9.50 Å². The van der Waals surface area contributed by atoms with E-state index in [1.54, 1.807) is 32.2 Å². The maximum atomic E-state index is 13.7. The number of hydrogen-bond acceptors (Lipinski definition) is 3. The van der Waals surface area contributed by atoms with E-state index in [-0.39, 0.29) is 5.56 Å². The Balaban J connectivity index is 2.78. The van der Waals surface area contributed by atoms with Gasteiger partial charge >= 0.3 is 0 Å². The summed E-state index contributed by atoms with van der Waals surface area (Å²) in [6, 6.07) is 6.57. The van der Waals surface area contributed by atoms with Crippen LogP contribution in [0.3, 0.4) is 0 Å². The van der Waals surface area contributed by atoms with Gasteiger partial charge in [0.25, 0.3) is 0 Å². The van der Waals surface area contributed by atoms with Crippen molar-refractivity contribution in [3.63, 3.8) is 0 Å². The average Bonchev–Trinajstić information content (AvgIpc) is 2.20. The Kier molecular flexibility index (Phi) is 4.41. The van der Waals surface area contributed by atoms with Gasteiger partial charge in [-0.25, -0.2) is 4.39 Å². The normalized spacial score (nSPS) is 12.5. The van der Waals surface area contributed by atoms with Crippen LogP contribution in [-0.4, -0.2) is 29.7 Å². The summed E-state index contributed by atoms with van der Waals surface area (Å²) >= 11 is 0. The Bertz CT molecular complexity index is 398. The fourth-order valence-electron chi connectivity index (χ4n) is 1.59. The third kappa shape index (κ3) is 3.30. The maximum Gasteiger partial charge on any atom is 0.145 e. The van der Waals surface area contributed by atoms with Crippen LogP contribution in [0.25, 0.3) is 0 Å². The van der Waals surface area contributed by atoms with Crippen LogP contribution in [0.5, 0.6) is 0 Å². The molecule has 0 aliphatic heterocycles. The van der Waals surface area contributed by atoms with Gasteiger partial charge in [-0.15, -0.1) is 0 Å². The molecule has 1 rings (SSSR count). The van der Waals surface area contributed by atoms with Gasteiger partial charge in [-0.1, -0.05) is 12.1 Å². The summed E-state index contributed by atoms with van der Waals surface area (Å²) in [7, 11) is 1.80. The van der Waals surface area contributed by atoms with Gasteiger partial charge in [-0.05, 0) is 20.0 Å². The lowest BCUT2D eigenvalue weighted by atomic mass is 10.1. The highest BCUT2D eigenvalue weighted by Gasteiger charge is 2.10. The van der Waals surface area contributed by atoms with Crippen molar-refractivity contribution in [2.24, 2.45) is 0 Å². The number of aliphatic hydroxyl groups excluding tert-OH is 1. The van der Waals surface area contributed by atoms with Crippen LogP contribution in [0.15, 0.2) is 18.2 Å². The van der Waals surface area contributed by atoms with Gasteiger partial charge in [0.15, 0.2) is 0 Å². The number of nitrogens with zero attached hydrogens (tertiary/aromatic N) is 2. The molecule has 86 valence electrons. The quantitative estimate of drug-likeness (QED) is 0.840. The van der Waals surface area contributed by atoms with Crippen molar-refractivity contribution in [3.05, 3.63) is 35.1 Å². The van der Waals surface area contributed by atoms with Crippen LogP contribution in [0, 0.1) is 17.1 Å². The standard InChI is InChI=1S/C12H15FN2O/c1-9(16)7-15(2)8-11-5-3-4-10(6-14)12(11)13/h3-5,9,16H,7-8H2,1-2H3. The second-order valence-electron chi connectivity index (χ2n) is 3.94. The van der Waals surface area contributed by atoms with E-state index in [4.69, 9.17) is 5.26 Å². The molecule has 0 fully saturated rings. The number of hydrogen-bond donors (Lipinski definition) is 1. The molecule has 16 heavy (non-hydrogen) atoms. The lowest BCUT2D eigenvalue weighted by Crippen LogP contribution is -2.27. The highest BCUT2D eigenvalue weighted by atomic mass is 19.1. The first kappa shape index (κ1) is 12.6. The van der Waals surface area contributed by atoms with Gasteiger partial charge in [0.2, 0.25) is 0 Å². The molecular formula is C12H15FN2O. The molecule has 0 bridgehead atoms. The zero-order valence-corrected chi connectivity index (χ0v) is 9.44. The topological polar surface area (TPSA) is 47.3 Å². The Labute approximate surface area is 94.7 Å². The summed E-state index contributed by atoms with van der Waals surface area (Å²) in [5.74, 6) is -0.470. The molecule has 0 radical (unpaired) electrons. The molecular weight excluding hydrogens is 207 g/mol. The molecule has 0 saturated heterocycles. The monoisotopic (exact) mass is 222 g/mol. The van der Waals surface area contributed by atoms with Crippen molar-refractivity contribution < 1.29 is 9.50 Å². The second-order valence-corrected chi connectivity index (χ2v) is 3.94. The first-order chi connectivity index (χ1) is 7.54. The van der Waals surface area contributed by atoms with E-state index < -0.39 is 11.9 Å². The molecule has 1 aromatic rings. The molecule has 0 spiro atoms. The van der Waals surface area contributed by atoms with Gasteiger partial charge in [-0.2, -0.15) is 5.26 Å². The zero-order chi connectivity index (χ0) is 12.1. The molecule has 3 nitrogen and oxygen atoms in total. The van der Waals surface area contributed by atoms with Crippen molar-refractivity contribution in [3.8, 4) is 6.07 Å². The summed E-state index contributed by atoms with van der Waals surface area (Å²) in [5, 5.41) is 17.9. The highest BCUT2D eigenvalue weighted by Crippen LogP contribution is 2.13. The van der Waals surface area contributed by atoms with E-state index in [2.05, 4.69) is 0 Å². The van der Waals surface area contributed by atoms with Crippen molar-refractivity contribution in [2.45, 2.75) is 19.6 Å². The minimum atomic E-state index is -0.470. The summed E-state index contributed by atoms with van der Waals surface area (Å²) in [6.07, 6.45) is -0.452. The molecule has 4 heteroatoms. The van der Waals surface area contributed by atoms with Crippen molar-refractivity contribution in [2.75, 3.05) is 13.6 Å². The first-order valence-corrected chi connectivity index (χ1v) is 5.08. The maximum absolute atomic E-state index is 13.7. The highest BCUT2D eigenvalue weighted by molar-refractivity contribution is 5.34. The number of aliphatic hydroxyl groups is 1. The minimum absolute atomic E-state index is 0.0583. The van der Waals surface area contributed by atoms with Crippen LogP contribution >= 0.6 is 0 Å². The molecule has 0 aliphatic rings. The van der Waals surface area contributed by atoms with E-state index in [0.29, 0.717) is 18.7 Å². The van der Waals surface area contributed by atoms with E-state index >= 15 is 0 Å². The fourth-order valence-corrected chi connectivity index (χ4v) is 1.59. The lowest BCUT2D eigenvalue weighted by molar-refractivity contribution is 0.137. The Hall–Kier alpha value is -1.44. The number of halogens is 1. The van der Waals surface area contributed by atoms with Gasteiger partial charge in [-0.3, -0.25) is 4.90 Å². The number of likely N-dealkylation sites (N-methyl/N-ethyl adjacent to an activating group) is 1. The Morgan fingerprint density at radius 3 is 2.81 bits per heavy atom. The first-order valence-electron chi connectivity index (χ1n) is 5.08. The number of benzene rings is 1. The molecule has 1 N–H and O–H groups in total. The third-order valence-corrected chi connectivity index (χ3v) is 2.22. The van der Waals surface area contributed by atoms with Crippen molar-refractivity contribution in [1.29, 1.82) is 5.26 Å². The fraction of sp³-hybridized carbons (Fsp3) is 0.417. The molecule has 1 aromatic carbocycles. The predicted molar refractivity (Wildman–Crippen MR) is 59.1 cm³/mol. The average molecular weight is 222 g/mol. The van der Waals surface area contributed by atoms with Crippen LogP contribution < -0.4 is 0 Å². The minimum Gasteiger partial charge on any atom is -0.392 e. The Morgan fingerprint density at radius 1 is 1.56 bits per heavy atom. The molecule has 0 aliphatic carbocycles. The van der Waals surface area contributed by atoms with Crippen LogP contribution in [0.1, 0.15) is 18.1 Å². The lowest BCUT2D eigenvalue weighted by Gasteiger charge is -2.18. The van der Waals surface area contributed by atoms with Gasteiger partial charge in [0.05, 0.1) is 11.7 Å². The van der Waals surface area contributed by atoms with Gasteiger partial charge in [0, 0.05) is 18.7 Å². The SMILES string of the molecule is CC(O)CN(C)Cc1cccc(C#N)c1F. The summed E-state index contributed by atoms with van der Waals surface area (Å²) in [4.78, 5) is 1.81. The molecule has 1 unspecified atom stereocenters. The molecule has 0 amide bonds. The van der Waals surface area contributed by atoms with Crippen molar-refractivity contribution >= 4 is 0 Å². The van der Waals surface area contributed by atoms with E-state index in [1.165, 1.54) is 6.07 Å². The predicted octanol–water partition coefficient (Wildman–Crippen LogP) is 1.51. The summed E-state index contributed by atoms with van der Waals surface area (Å²) in [5.41, 5.74) is 0.533. The van der Waals surface area contributed by atoms with Crippen LogP contribution in [-0.2, 0) is 6.54 Å². The largest absolute Gasteiger partial charge is 0.392 e. The second kappa shape index (κ2) is 5.59. The molecule has 0 saturated carbocycles.